The minimum atomic E-state index is -3.32. The van der Waals surface area contributed by atoms with Gasteiger partial charge in [0.05, 0.1) is 12.2 Å². The summed E-state index contributed by atoms with van der Waals surface area (Å²) in [5.41, 5.74) is -0.378. The Morgan fingerprint density at radius 3 is 2.82 bits per heavy atom. The van der Waals surface area contributed by atoms with Crippen molar-refractivity contribution in [2.24, 2.45) is 0 Å². The maximum Gasteiger partial charge on any atom is 0.302 e. The third-order valence-electron chi connectivity index (χ3n) is 2.88. The van der Waals surface area contributed by atoms with Crippen molar-refractivity contribution in [1.82, 2.24) is 5.32 Å². The van der Waals surface area contributed by atoms with Crippen molar-refractivity contribution < 1.29 is 17.9 Å². The monoisotopic (exact) mass is 245 g/mol. The molecule has 94 valence electrons. The van der Waals surface area contributed by atoms with Crippen molar-refractivity contribution in [3.05, 3.63) is 35.1 Å². The van der Waals surface area contributed by atoms with Crippen LogP contribution in [0.4, 0.5) is 13.2 Å². The number of ether oxygens (including phenoxy) is 1. The van der Waals surface area contributed by atoms with E-state index in [2.05, 4.69) is 5.32 Å². The van der Waals surface area contributed by atoms with Crippen LogP contribution in [0.5, 0.6) is 0 Å². The standard InChI is InChI=1S/C12H14F3NO/c1-8-3-2-4-9(11(8)13)12(14,15)10-7-16-5-6-17-10/h2-4,10,16H,5-7H2,1H3. The minimum Gasteiger partial charge on any atom is -0.369 e. The van der Waals surface area contributed by atoms with Crippen LogP contribution in [0.1, 0.15) is 11.1 Å². The smallest absolute Gasteiger partial charge is 0.302 e. The molecule has 1 aliphatic rings. The summed E-state index contributed by atoms with van der Waals surface area (Å²) in [4.78, 5) is 0. The van der Waals surface area contributed by atoms with Crippen molar-refractivity contribution in [1.29, 1.82) is 0 Å². The van der Waals surface area contributed by atoms with E-state index in [0.29, 0.717) is 6.54 Å². The molecule has 0 spiro atoms. The molecule has 0 amide bonds. The van der Waals surface area contributed by atoms with Crippen LogP contribution < -0.4 is 5.32 Å². The molecule has 1 heterocycles. The van der Waals surface area contributed by atoms with Crippen molar-refractivity contribution in [2.75, 3.05) is 19.7 Å². The molecule has 1 saturated heterocycles. The van der Waals surface area contributed by atoms with E-state index >= 15 is 0 Å². The summed E-state index contributed by atoms with van der Waals surface area (Å²) >= 11 is 0. The van der Waals surface area contributed by atoms with Crippen molar-refractivity contribution in [2.45, 2.75) is 19.0 Å². The molecule has 1 aromatic carbocycles. The van der Waals surface area contributed by atoms with Crippen molar-refractivity contribution in [3.8, 4) is 0 Å². The van der Waals surface area contributed by atoms with Crippen LogP contribution in [0.3, 0.4) is 0 Å². The Hall–Kier alpha value is -1.07. The fraction of sp³-hybridized carbons (Fsp3) is 0.500. The zero-order valence-corrected chi connectivity index (χ0v) is 9.47. The zero-order chi connectivity index (χ0) is 12.5. The van der Waals surface area contributed by atoms with Crippen LogP contribution in [-0.4, -0.2) is 25.8 Å². The summed E-state index contributed by atoms with van der Waals surface area (Å²) in [7, 11) is 0. The highest BCUT2D eigenvalue weighted by molar-refractivity contribution is 5.29. The van der Waals surface area contributed by atoms with Gasteiger partial charge in [-0.05, 0) is 18.6 Å². The van der Waals surface area contributed by atoms with Crippen LogP contribution >= 0.6 is 0 Å². The topological polar surface area (TPSA) is 21.3 Å². The first-order valence-electron chi connectivity index (χ1n) is 5.49. The number of nitrogens with one attached hydrogen (secondary N) is 1. The average Bonchev–Trinajstić information content (AvgIpc) is 2.33. The van der Waals surface area contributed by atoms with Gasteiger partial charge in [-0.25, -0.2) is 4.39 Å². The fourth-order valence-corrected chi connectivity index (χ4v) is 1.88. The fourth-order valence-electron chi connectivity index (χ4n) is 1.88. The van der Waals surface area contributed by atoms with Gasteiger partial charge >= 0.3 is 5.92 Å². The second-order valence-electron chi connectivity index (χ2n) is 4.12. The van der Waals surface area contributed by atoms with E-state index in [-0.39, 0.29) is 18.7 Å². The van der Waals surface area contributed by atoms with Crippen molar-refractivity contribution >= 4 is 0 Å². The number of hydrogen-bond donors (Lipinski definition) is 1. The predicted molar refractivity (Wildman–Crippen MR) is 57.6 cm³/mol. The van der Waals surface area contributed by atoms with Gasteiger partial charge in [0, 0.05) is 13.1 Å². The number of alkyl halides is 2. The van der Waals surface area contributed by atoms with Gasteiger partial charge in [-0.3, -0.25) is 0 Å². The van der Waals surface area contributed by atoms with Gasteiger partial charge < -0.3 is 10.1 Å². The Balaban J connectivity index is 2.32. The molecule has 1 fully saturated rings. The van der Waals surface area contributed by atoms with Crippen LogP contribution in [0, 0.1) is 12.7 Å². The molecule has 2 rings (SSSR count). The van der Waals surface area contributed by atoms with Gasteiger partial charge in [-0.15, -0.1) is 0 Å². The van der Waals surface area contributed by atoms with Gasteiger partial charge in [0.25, 0.3) is 0 Å². The number of morpholine rings is 1. The first-order valence-corrected chi connectivity index (χ1v) is 5.49. The molecule has 1 N–H and O–H groups in total. The molecule has 17 heavy (non-hydrogen) atoms. The lowest BCUT2D eigenvalue weighted by molar-refractivity contribution is -0.153. The predicted octanol–water partition coefficient (Wildman–Crippen LogP) is 2.21. The van der Waals surface area contributed by atoms with E-state index in [1.165, 1.54) is 19.1 Å². The Kier molecular flexibility index (Phi) is 3.40. The average molecular weight is 245 g/mol. The van der Waals surface area contributed by atoms with Crippen LogP contribution in [-0.2, 0) is 10.7 Å². The Morgan fingerprint density at radius 2 is 2.18 bits per heavy atom. The third kappa shape index (κ3) is 2.30. The molecule has 5 heteroatoms. The molecule has 1 aromatic rings. The normalized spacial score (nSPS) is 21.5. The maximum absolute atomic E-state index is 14.1. The quantitative estimate of drug-likeness (QED) is 0.862. The number of aryl methyl sites for hydroxylation is 1. The molecular weight excluding hydrogens is 231 g/mol. The van der Waals surface area contributed by atoms with Gasteiger partial charge in [0.1, 0.15) is 11.9 Å². The highest BCUT2D eigenvalue weighted by Crippen LogP contribution is 2.36. The first-order chi connectivity index (χ1) is 8.03. The van der Waals surface area contributed by atoms with E-state index in [1.807, 2.05) is 0 Å². The van der Waals surface area contributed by atoms with Crippen molar-refractivity contribution in [3.63, 3.8) is 0 Å². The maximum atomic E-state index is 14.1. The first kappa shape index (κ1) is 12.4. The largest absolute Gasteiger partial charge is 0.369 e. The van der Waals surface area contributed by atoms with E-state index in [9.17, 15) is 13.2 Å². The number of benzene rings is 1. The molecule has 0 saturated carbocycles. The molecule has 1 aliphatic heterocycles. The highest BCUT2D eigenvalue weighted by Gasteiger charge is 2.45. The van der Waals surface area contributed by atoms with Crippen LogP contribution in [0.25, 0.3) is 0 Å². The summed E-state index contributed by atoms with van der Waals surface area (Å²) in [6.07, 6.45) is -1.31. The lowest BCUT2D eigenvalue weighted by atomic mass is 9.99. The van der Waals surface area contributed by atoms with Crippen LogP contribution in [0.2, 0.25) is 0 Å². The second-order valence-corrected chi connectivity index (χ2v) is 4.12. The Morgan fingerprint density at radius 1 is 1.41 bits per heavy atom. The zero-order valence-electron chi connectivity index (χ0n) is 9.47. The van der Waals surface area contributed by atoms with Gasteiger partial charge in [0.2, 0.25) is 0 Å². The van der Waals surface area contributed by atoms with E-state index in [4.69, 9.17) is 4.74 Å². The minimum absolute atomic E-state index is 0.0282. The lowest BCUT2D eigenvalue weighted by Crippen LogP contribution is -2.47. The summed E-state index contributed by atoms with van der Waals surface area (Å²) in [6, 6.07) is 4.01. The molecule has 1 atom stereocenters. The Bertz CT molecular complexity index is 403. The summed E-state index contributed by atoms with van der Waals surface area (Å²) in [6.45, 7) is 2.26. The number of hydrogen-bond acceptors (Lipinski definition) is 2. The molecule has 0 aromatic heterocycles. The van der Waals surface area contributed by atoms with Gasteiger partial charge in [-0.1, -0.05) is 12.1 Å². The lowest BCUT2D eigenvalue weighted by Gasteiger charge is -2.31. The van der Waals surface area contributed by atoms with Gasteiger partial charge in [0.15, 0.2) is 0 Å². The third-order valence-corrected chi connectivity index (χ3v) is 2.88. The molecule has 2 nitrogen and oxygen atoms in total. The van der Waals surface area contributed by atoms with E-state index < -0.39 is 23.4 Å². The second kappa shape index (κ2) is 4.66. The molecule has 0 aliphatic carbocycles. The molecule has 1 unspecified atom stereocenters. The van der Waals surface area contributed by atoms with E-state index in [1.54, 1.807) is 0 Å². The number of rotatable bonds is 2. The molecule has 0 radical (unpaired) electrons. The summed E-state index contributed by atoms with van der Waals surface area (Å²) < 4.78 is 46.9. The molecule has 0 bridgehead atoms. The molecular formula is C12H14F3NO. The summed E-state index contributed by atoms with van der Waals surface area (Å²) in [5.74, 6) is -4.17. The van der Waals surface area contributed by atoms with Gasteiger partial charge in [-0.2, -0.15) is 8.78 Å². The Labute approximate surface area is 97.8 Å². The number of halogens is 3. The van der Waals surface area contributed by atoms with E-state index in [0.717, 1.165) is 6.07 Å². The summed E-state index contributed by atoms with van der Waals surface area (Å²) in [5, 5.41) is 2.82. The highest BCUT2D eigenvalue weighted by atomic mass is 19.3. The SMILES string of the molecule is Cc1cccc(C(F)(F)C2CNCCO2)c1F. The van der Waals surface area contributed by atoms with Crippen LogP contribution in [0.15, 0.2) is 18.2 Å².